The molecule has 0 radical (unpaired) electrons. The summed E-state index contributed by atoms with van der Waals surface area (Å²) in [5.41, 5.74) is 3.80. The molecular formula is C17H16N+. The molecule has 0 aliphatic heterocycles. The third-order valence-corrected chi connectivity index (χ3v) is 3.37. The lowest BCUT2D eigenvalue weighted by molar-refractivity contribution is -0.362. The molecule has 0 fully saturated rings. The quantitative estimate of drug-likeness (QED) is 0.639. The molecule has 18 heavy (non-hydrogen) atoms. The van der Waals surface area contributed by atoms with Crippen LogP contribution in [0.4, 0.5) is 0 Å². The summed E-state index contributed by atoms with van der Waals surface area (Å²) in [6.07, 6.45) is 3.09. The third-order valence-electron chi connectivity index (χ3n) is 3.37. The van der Waals surface area contributed by atoms with E-state index >= 15 is 0 Å². The second kappa shape index (κ2) is 4.61. The van der Waals surface area contributed by atoms with Crippen molar-refractivity contribution in [1.29, 1.82) is 0 Å². The van der Waals surface area contributed by atoms with Crippen LogP contribution in [0, 0.1) is 0 Å². The SMILES string of the molecule is CCc1ccc(-c2[nH+]ccc3ccccc23)cc1. The highest BCUT2D eigenvalue weighted by molar-refractivity contribution is 5.92. The number of hydrogen-bond acceptors (Lipinski definition) is 0. The van der Waals surface area contributed by atoms with Crippen LogP contribution in [0.15, 0.2) is 60.8 Å². The van der Waals surface area contributed by atoms with E-state index in [1.807, 2.05) is 6.20 Å². The van der Waals surface area contributed by atoms with E-state index in [2.05, 4.69) is 66.5 Å². The Bertz CT molecular complexity index is 663. The minimum atomic E-state index is 1.08. The van der Waals surface area contributed by atoms with E-state index in [1.54, 1.807) is 0 Å². The van der Waals surface area contributed by atoms with Crippen LogP contribution in [0.2, 0.25) is 0 Å². The zero-order valence-corrected chi connectivity index (χ0v) is 10.5. The van der Waals surface area contributed by atoms with E-state index < -0.39 is 0 Å². The first-order valence-corrected chi connectivity index (χ1v) is 6.37. The summed E-state index contributed by atoms with van der Waals surface area (Å²) < 4.78 is 0. The van der Waals surface area contributed by atoms with Crippen molar-refractivity contribution in [1.82, 2.24) is 0 Å². The van der Waals surface area contributed by atoms with Gasteiger partial charge in [0.2, 0.25) is 5.69 Å². The fraction of sp³-hybridized carbons (Fsp3) is 0.118. The summed E-state index contributed by atoms with van der Waals surface area (Å²) in [6.45, 7) is 2.18. The molecule has 2 aromatic carbocycles. The van der Waals surface area contributed by atoms with Gasteiger partial charge in [-0.15, -0.1) is 0 Å². The van der Waals surface area contributed by atoms with Crippen molar-refractivity contribution >= 4 is 10.8 Å². The molecule has 0 unspecified atom stereocenters. The maximum atomic E-state index is 3.37. The van der Waals surface area contributed by atoms with Crippen molar-refractivity contribution in [3.63, 3.8) is 0 Å². The van der Waals surface area contributed by atoms with Crippen molar-refractivity contribution in [2.24, 2.45) is 0 Å². The number of hydrogen-bond donors (Lipinski definition) is 0. The lowest BCUT2D eigenvalue weighted by Gasteiger charge is -2.02. The van der Waals surface area contributed by atoms with Gasteiger partial charge in [0.05, 0.1) is 5.39 Å². The normalized spacial score (nSPS) is 10.7. The molecule has 0 saturated carbocycles. The maximum absolute atomic E-state index is 3.37. The smallest absolute Gasteiger partial charge is 0.211 e. The summed E-state index contributed by atoms with van der Waals surface area (Å²) in [5.74, 6) is 0. The first kappa shape index (κ1) is 11.0. The Morgan fingerprint density at radius 2 is 1.67 bits per heavy atom. The fourth-order valence-corrected chi connectivity index (χ4v) is 2.31. The first-order chi connectivity index (χ1) is 8.88. The van der Waals surface area contributed by atoms with Gasteiger partial charge in [-0.2, -0.15) is 0 Å². The van der Waals surface area contributed by atoms with Gasteiger partial charge >= 0.3 is 0 Å². The monoisotopic (exact) mass is 234 g/mol. The Balaban J connectivity index is 2.18. The van der Waals surface area contributed by atoms with Crippen LogP contribution >= 0.6 is 0 Å². The van der Waals surface area contributed by atoms with Gasteiger partial charge in [0, 0.05) is 11.6 Å². The number of aromatic nitrogens is 1. The van der Waals surface area contributed by atoms with Crippen LogP contribution < -0.4 is 4.98 Å². The van der Waals surface area contributed by atoms with E-state index in [-0.39, 0.29) is 0 Å². The lowest BCUT2D eigenvalue weighted by Crippen LogP contribution is -2.06. The Hall–Kier alpha value is -2.15. The molecule has 1 N–H and O–H groups in total. The Morgan fingerprint density at radius 1 is 0.889 bits per heavy atom. The molecular weight excluding hydrogens is 218 g/mol. The molecule has 3 aromatic rings. The van der Waals surface area contributed by atoms with Gasteiger partial charge in [0.1, 0.15) is 0 Å². The number of H-pyrrole nitrogens is 1. The minimum absolute atomic E-state index is 1.08. The summed E-state index contributed by atoms with van der Waals surface area (Å²) in [5, 5.41) is 2.54. The number of nitrogens with one attached hydrogen (secondary N) is 1. The van der Waals surface area contributed by atoms with Crippen molar-refractivity contribution < 1.29 is 4.98 Å². The summed E-state index contributed by atoms with van der Waals surface area (Å²) >= 11 is 0. The molecule has 0 atom stereocenters. The molecule has 0 aliphatic carbocycles. The zero-order chi connectivity index (χ0) is 12.4. The van der Waals surface area contributed by atoms with E-state index in [0.29, 0.717) is 0 Å². The molecule has 88 valence electrons. The van der Waals surface area contributed by atoms with E-state index in [4.69, 9.17) is 0 Å². The molecule has 1 nitrogen and oxygen atoms in total. The maximum Gasteiger partial charge on any atom is 0.218 e. The highest BCUT2D eigenvalue weighted by Gasteiger charge is 2.09. The predicted octanol–water partition coefficient (Wildman–Crippen LogP) is 3.88. The molecule has 0 spiro atoms. The van der Waals surface area contributed by atoms with Gasteiger partial charge in [0.15, 0.2) is 6.20 Å². The highest BCUT2D eigenvalue weighted by Crippen LogP contribution is 2.24. The van der Waals surface area contributed by atoms with Gasteiger partial charge in [-0.25, -0.2) is 4.98 Å². The number of aromatic amines is 1. The number of pyridine rings is 1. The number of rotatable bonds is 2. The Morgan fingerprint density at radius 3 is 2.44 bits per heavy atom. The predicted molar refractivity (Wildman–Crippen MR) is 75.3 cm³/mol. The topological polar surface area (TPSA) is 14.1 Å². The van der Waals surface area contributed by atoms with Crippen LogP contribution in [0.1, 0.15) is 12.5 Å². The van der Waals surface area contributed by atoms with Crippen molar-refractivity contribution in [2.75, 3.05) is 0 Å². The summed E-state index contributed by atoms with van der Waals surface area (Å²) in [6, 6.07) is 19.4. The standard InChI is InChI=1S/C17H15N/c1-2-13-7-9-15(10-8-13)17-16-6-4-3-5-14(16)11-12-18-17/h3-12H,2H2,1H3/p+1. The molecule has 1 heteroatoms. The Labute approximate surface area is 107 Å². The van der Waals surface area contributed by atoms with Crippen molar-refractivity contribution in [3.05, 3.63) is 66.4 Å². The van der Waals surface area contributed by atoms with Crippen LogP contribution in [-0.4, -0.2) is 0 Å². The van der Waals surface area contributed by atoms with E-state index in [1.165, 1.54) is 27.6 Å². The van der Waals surface area contributed by atoms with Crippen LogP contribution in [0.25, 0.3) is 22.0 Å². The zero-order valence-electron chi connectivity index (χ0n) is 10.5. The van der Waals surface area contributed by atoms with E-state index in [0.717, 1.165) is 6.42 Å². The van der Waals surface area contributed by atoms with Crippen molar-refractivity contribution in [2.45, 2.75) is 13.3 Å². The fourth-order valence-electron chi connectivity index (χ4n) is 2.31. The molecule has 0 bridgehead atoms. The number of benzene rings is 2. The molecule has 0 saturated heterocycles. The Kier molecular flexibility index (Phi) is 2.81. The van der Waals surface area contributed by atoms with Gasteiger partial charge in [-0.1, -0.05) is 37.3 Å². The van der Waals surface area contributed by atoms with Crippen molar-refractivity contribution in [3.8, 4) is 11.3 Å². The largest absolute Gasteiger partial charge is 0.218 e. The van der Waals surface area contributed by atoms with Crippen LogP contribution in [-0.2, 0) is 6.42 Å². The van der Waals surface area contributed by atoms with E-state index in [9.17, 15) is 0 Å². The third kappa shape index (κ3) is 1.88. The first-order valence-electron chi connectivity index (χ1n) is 6.37. The molecule has 0 aliphatic rings. The van der Waals surface area contributed by atoms with Crippen LogP contribution in [0.3, 0.4) is 0 Å². The second-order valence-corrected chi connectivity index (χ2v) is 4.49. The summed E-state index contributed by atoms with van der Waals surface area (Å²) in [7, 11) is 0. The number of aryl methyl sites for hydroxylation is 1. The minimum Gasteiger partial charge on any atom is -0.211 e. The molecule has 0 amide bonds. The van der Waals surface area contributed by atoms with Crippen LogP contribution in [0.5, 0.6) is 0 Å². The van der Waals surface area contributed by atoms with Gasteiger partial charge in [0.25, 0.3) is 0 Å². The summed E-state index contributed by atoms with van der Waals surface area (Å²) in [4.78, 5) is 3.37. The molecule has 1 aromatic heterocycles. The lowest BCUT2D eigenvalue weighted by atomic mass is 10.0. The average Bonchev–Trinajstić information content (AvgIpc) is 2.47. The molecule has 3 rings (SSSR count). The van der Waals surface area contributed by atoms with Gasteiger partial charge < -0.3 is 0 Å². The highest BCUT2D eigenvalue weighted by atomic mass is 14.7. The average molecular weight is 234 g/mol. The molecule has 1 heterocycles. The number of fused-ring (bicyclic) bond motifs is 1. The second-order valence-electron chi connectivity index (χ2n) is 4.49. The van der Waals surface area contributed by atoms with Gasteiger partial charge in [-0.3, -0.25) is 0 Å². The van der Waals surface area contributed by atoms with Gasteiger partial charge in [-0.05, 0) is 35.6 Å².